The van der Waals surface area contributed by atoms with E-state index in [1.165, 1.54) is 19.3 Å². The quantitative estimate of drug-likeness (QED) is 0.916. The minimum atomic E-state index is -0.902. The molecule has 3 heteroatoms. The lowest BCUT2D eigenvalue weighted by atomic mass is 9.78. The molecule has 1 aliphatic rings. The smallest absolute Gasteiger partial charge is 0.142 e. The molecule has 108 valence electrons. The minimum Gasteiger partial charge on any atom is -0.309 e. The molecule has 1 heterocycles. The maximum Gasteiger partial charge on any atom is 0.142 e. The van der Waals surface area contributed by atoms with Gasteiger partial charge >= 0.3 is 0 Å². The highest BCUT2D eigenvalue weighted by molar-refractivity contribution is 5.31. The van der Waals surface area contributed by atoms with Gasteiger partial charge in [-0.25, -0.2) is 0 Å². The number of benzene rings is 1. The van der Waals surface area contributed by atoms with Crippen LogP contribution in [-0.4, -0.2) is 24.5 Å². The second-order valence-corrected chi connectivity index (χ2v) is 6.39. The highest BCUT2D eigenvalue weighted by atomic mass is 15.2. The lowest BCUT2D eigenvalue weighted by Crippen LogP contribution is -2.50. The molecule has 0 amide bonds. The molecule has 1 aromatic carbocycles. The Kier molecular flexibility index (Phi) is 4.47. The molecular weight excluding hydrogens is 246 g/mol. The predicted octanol–water partition coefficient (Wildman–Crippen LogP) is 2.88. The summed E-state index contributed by atoms with van der Waals surface area (Å²) in [6.45, 7) is 7.33. The Bertz CT molecular complexity index is 469. The first-order chi connectivity index (χ1) is 9.51. The van der Waals surface area contributed by atoms with Crippen LogP contribution >= 0.6 is 0 Å². The second kappa shape index (κ2) is 5.95. The van der Waals surface area contributed by atoms with E-state index in [0.29, 0.717) is 12.0 Å². The first-order valence-electron chi connectivity index (χ1n) is 7.49. The van der Waals surface area contributed by atoms with Crippen LogP contribution in [0.2, 0.25) is 0 Å². The summed E-state index contributed by atoms with van der Waals surface area (Å²) in [7, 11) is 0. The fourth-order valence-electron chi connectivity index (χ4n) is 2.88. The molecule has 1 unspecified atom stereocenters. The maximum atomic E-state index is 9.52. The average molecular weight is 271 g/mol. The third kappa shape index (κ3) is 3.20. The number of rotatable bonds is 4. The molecule has 0 radical (unpaired) electrons. The van der Waals surface area contributed by atoms with Crippen LogP contribution < -0.4 is 5.73 Å². The number of nitrogens with zero attached hydrogens (tertiary/aromatic N) is 2. The van der Waals surface area contributed by atoms with Crippen LogP contribution in [0.5, 0.6) is 0 Å². The van der Waals surface area contributed by atoms with Crippen LogP contribution in [0.25, 0.3) is 0 Å². The van der Waals surface area contributed by atoms with Gasteiger partial charge in [0.2, 0.25) is 0 Å². The summed E-state index contributed by atoms with van der Waals surface area (Å²) in [5, 5.41) is 9.52. The van der Waals surface area contributed by atoms with Crippen LogP contribution in [0, 0.1) is 16.7 Å². The number of nitrogens with two attached hydrogens (primary N) is 1. The molecule has 0 aliphatic carbocycles. The van der Waals surface area contributed by atoms with Crippen molar-refractivity contribution in [3.8, 4) is 6.07 Å². The van der Waals surface area contributed by atoms with Gasteiger partial charge in [-0.2, -0.15) is 5.26 Å². The number of hydrogen-bond donors (Lipinski definition) is 1. The average Bonchev–Trinajstić information content (AvgIpc) is 2.50. The summed E-state index contributed by atoms with van der Waals surface area (Å²) in [5.41, 5.74) is 6.82. The van der Waals surface area contributed by atoms with E-state index >= 15 is 0 Å². The monoisotopic (exact) mass is 271 g/mol. The lowest BCUT2D eigenvalue weighted by Gasteiger charge is -2.41. The Hall–Kier alpha value is -1.37. The van der Waals surface area contributed by atoms with Gasteiger partial charge in [0, 0.05) is 6.54 Å². The molecular formula is C17H25N3. The van der Waals surface area contributed by atoms with Crippen molar-refractivity contribution in [1.29, 1.82) is 5.26 Å². The molecule has 2 N–H and O–H groups in total. The Labute approximate surface area is 122 Å². The fourth-order valence-corrected chi connectivity index (χ4v) is 2.88. The Morgan fingerprint density at radius 2 is 1.90 bits per heavy atom. The maximum absolute atomic E-state index is 9.52. The third-order valence-electron chi connectivity index (χ3n) is 4.88. The summed E-state index contributed by atoms with van der Waals surface area (Å²) in [6, 6.07) is 12.0. The van der Waals surface area contributed by atoms with Crippen molar-refractivity contribution in [2.45, 2.75) is 38.6 Å². The highest BCUT2D eigenvalue weighted by Crippen LogP contribution is 2.34. The summed E-state index contributed by atoms with van der Waals surface area (Å²) in [4.78, 5) is 2.34. The van der Waals surface area contributed by atoms with E-state index in [1.807, 2.05) is 30.3 Å². The van der Waals surface area contributed by atoms with E-state index < -0.39 is 5.54 Å². The highest BCUT2D eigenvalue weighted by Gasteiger charge is 2.34. The Morgan fingerprint density at radius 1 is 1.30 bits per heavy atom. The SMILES string of the molecule is CCC1(C)CCN(CC(N)(C#N)c2ccccc2)CC1. The van der Waals surface area contributed by atoms with Crippen LogP contribution in [0.3, 0.4) is 0 Å². The molecule has 1 saturated heterocycles. The lowest BCUT2D eigenvalue weighted by molar-refractivity contribution is 0.102. The molecule has 1 fully saturated rings. The molecule has 0 aromatic heterocycles. The van der Waals surface area contributed by atoms with E-state index in [1.54, 1.807) is 0 Å². The predicted molar refractivity (Wildman–Crippen MR) is 82.0 cm³/mol. The summed E-state index contributed by atoms with van der Waals surface area (Å²) < 4.78 is 0. The summed E-state index contributed by atoms with van der Waals surface area (Å²) in [5.74, 6) is 0. The van der Waals surface area contributed by atoms with Crippen molar-refractivity contribution < 1.29 is 0 Å². The van der Waals surface area contributed by atoms with Crippen LogP contribution in [0.4, 0.5) is 0 Å². The van der Waals surface area contributed by atoms with Gasteiger partial charge < -0.3 is 10.6 Å². The molecule has 3 nitrogen and oxygen atoms in total. The van der Waals surface area contributed by atoms with Crippen molar-refractivity contribution in [2.24, 2.45) is 11.1 Å². The van der Waals surface area contributed by atoms with Crippen molar-refractivity contribution in [2.75, 3.05) is 19.6 Å². The number of piperidine rings is 1. The Balaban J connectivity index is 2.04. The number of likely N-dealkylation sites (tertiary alicyclic amines) is 1. The topological polar surface area (TPSA) is 53.0 Å². The van der Waals surface area contributed by atoms with Gasteiger partial charge in [0.15, 0.2) is 0 Å². The normalized spacial score (nSPS) is 21.9. The van der Waals surface area contributed by atoms with E-state index in [-0.39, 0.29) is 0 Å². The van der Waals surface area contributed by atoms with Crippen molar-refractivity contribution in [1.82, 2.24) is 4.90 Å². The molecule has 1 aliphatic heterocycles. The molecule has 20 heavy (non-hydrogen) atoms. The first kappa shape index (κ1) is 15.0. The zero-order valence-corrected chi connectivity index (χ0v) is 12.6. The van der Waals surface area contributed by atoms with Crippen LogP contribution in [0.1, 0.15) is 38.7 Å². The van der Waals surface area contributed by atoms with Crippen LogP contribution in [0.15, 0.2) is 30.3 Å². The number of nitriles is 1. The molecule has 1 aromatic rings. The largest absolute Gasteiger partial charge is 0.309 e. The molecule has 1 atom stereocenters. The van der Waals surface area contributed by atoms with Gasteiger partial charge in [0.05, 0.1) is 6.07 Å². The van der Waals surface area contributed by atoms with Crippen molar-refractivity contribution in [3.05, 3.63) is 35.9 Å². The molecule has 0 spiro atoms. The molecule has 2 rings (SSSR count). The van der Waals surface area contributed by atoms with Crippen molar-refractivity contribution in [3.63, 3.8) is 0 Å². The van der Waals surface area contributed by atoms with E-state index in [4.69, 9.17) is 5.73 Å². The Morgan fingerprint density at radius 3 is 2.40 bits per heavy atom. The summed E-state index contributed by atoms with van der Waals surface area (Å²) in [6.07, 6.45) is 3.62. The third-order valence-corrected chi connectivity index (χ3v) is 4.88. The van der Waals surface area contributed by atoms with E-state index in [2.05, 4.69) is 24.8 Å². The van der Waals surface area contributed by atoms with Gasteiger partial charge in [-0.05, 0) is 36.9 Å². The molecule has 0 saturated carbocycles. The van der Waals surface area contributed by atoms with Gasteiger partial charge in [-0.15, -0.1) is 0 Å². The standard InChI is InChI=1S/C17H25N3/c1-3-16(2)9-11-20(12-10-16)14-17(19,13-18)15-7-5-4-6-8-15/h4-8H,3,9-12,14,19H2,1-2H3. The minimum absolute atomic E-state index is 0.465. The zero-order chi connectivity index (χ0) is 14.6. The second-order valence-electron chi connectivity index (χ2n) is 6.39. The van der Waals surface area contributed by atoms with E-state index in [9.17, 15) is 5.26 Å². The zero-order valence-electron chi connectivity index (χ0n) is 12.6. The first-order valence-corrected chi connectivity index (χ1v) is 7.49. The van der Waals surface area contributed by atoms with Gasteiger partial charge in [-0.1, -0.05) is 50.6 Å². The van der Waals surface area contributed by atoms with E-state index in [0.717, 1.165) is 18.7 Å². The van der Waals surface area contributed by atoms with Crippen molar-refractivity contribution >= 4 is 0 Å². The molecule has 0 bridgehead atoms. The van der Waals surface area contributed by atoms with Gasteiger partial charge in [-0.3, -0.25) is 0 Å². The van der Waals surface area contributed by atoms with Gasteiger partial charge in [0.25, 0.3) is 0 Å². The van der Waals surface area contributed by atoms with Crippen LogP contribution in [-0.2, 0) is 5.54 Å². The fraction of sp³-hybridized carbons (Fsp3) is 0.588. The summed E-state index contributed by atoms with van der Waals surface area (Å²) >= 11 is 0. The number of hydrogen-bond acceptors (Lipinski definition) is 3. The van der Waals surface area contributed by atoms with Gasteiger partial charge in [0.1, 0.15) is 5.54 Å².